The number of amides is 2. The molecule has 2 aromatic rings. The van der Waals surface area contributed by atoms with Crippen LogP contribution in [-0.4, -0.2) is 18.4 Å². The molecule has 1 N–H and O–H groups in total. The minimum atomic E-state index is -4.48. The van der Waals surface area contributed by atoms with Crippen molar-refractivity contribution in [2.45, 2.75) is 26.1 Å². The van der Waals surface area contributed by atoms with Crippen LogP contribution < -0.4 is 10.2 Å². The fourth-order valence-electron chi connectivity index (χ4n) is 3.14. The van der Waals surface area contributed by atoms with Gasteiger partial charge in [-0.25, -0.2) is 0 Å². The zero-order valence-corrected chi connectivity index (χ0v) is 14.7. The van der Waals surface area contributed by atoms with Crippen LogP contribution in [0.25, 0.3) is 0 Å². The van der Waals surface area contributed by atoms with Gasteiger partial charge in [-0.1, -0.05) is 35.9 Å². The van der Waals surface area contributed by atoms with E-state index in [2.05, 4.69) is 5.32 Å². The highest BCUT2D eigenvalue weighted by molar-refractivity contribution is 6.00. The highest BCUT2D eigenvalue weighted by atomic mass is 19.4. The lowest BCUT2D eigenvalue weighted by atomic mass is 10.1. The molecule has 27 heavy (non-hydrogen) atoms. The van der Waals surface area contributed by atoms with Crippen LogP contribution in [0.3, 0.4) is 0 Å². The van der Waals surface area contributed by atoms with Gasteiger partial charge in [0.15, 0.2) is 0 Å². The van der Waals surface area contributed by atoms with E-state index in [4.69, 9.17) is 0 Å². The number of nitrogens with one attached hydrogen (secondary N) is 1. The first-order chi connectivity index (χ1) is 12.7. The van der Waals surface area contributed by atoms with Crippen molar-refractivity contribution < 1.29 is 22.8 Å². The van der Waals surface area contributed by atoms with Gasteiger partial charge < -0.3 is 10.2 Å². The number of benzene rings is 2. The monoisotopic (exact) mass is 376 g/mol. The zero-order chi connectivity index (χ0) is 19.6. The van der Waals surface area contributed by atoms with Crippen molar-refractivity contribution in [2.75, 3.05) is 11.4 Å². The van der Waals surface area contributed by atoms with Crippen molar-refractivity contribution in [1.82, 2.24) is 5.32 Å². The van der Waals surface area contributed by atoms with Crippen molar-refractivity contribution in [3.63, 3.8) is 0 Å². The third-order valence-corrected chi connectivity index (χ3v) is 4.53. The highest BCUT2D eigenvalue weighted by Gasteiger charge is 2.36. The Balaban J connectivity index is 1.65. The first-order valence-electron chi connectivity index (χ1n) is 8.55. The van der Waals surface area contributed by atoms with Crippen molar-refractivity contribution in [3.05, 3.63) is 65.2 Å². The first-order valence-corrected chi connectivity index (χ1v) is 8.55. The van der Waals surface area contributed by atoms with Crippen LogP contribution in [0.15, 0.2) is 48.5 Å². The number of carbonyl (C=O) groups excluding carboxylic acids is 2. The Labute approximate surface area is 155 Å². The van der Waals surface area contributed by atoms with Gasteiger partial charge in [-0.05, 0) is 30.7 Å². The van der Waals surface area contributed by atoms with E-state index < -0.39 is 17.7 Å². The van der Waals surface area contributed by atoms with E-state index in [0.717, 1.165) is 23.3 Å². The van der Waals surface area contributed by atoms with E-state index in [1.54, 1.807) is 0 Å². The van der Waals surface area contributed by atoms with Gasteiger partial charge >= 0.3 is 6.18 Å². The summed E-state index contributed by atoms with van der Waals surface area (Å²) in [4.78, 5) is 25.9. The van der Waals surface area contributed by atoms with E-state index in [0.29, 0.717) is 6.54 Å². The smallest absolute Gasteiger partial charge is 0.352 e. The van der Waals surface area contributed by atoms with Crippen LogP contribution in [0.4, 0.5) is 18.9 Å². The molecule has 2 aromatic carbocycles. The van der Waals surface area contributed by atoms with E-state index in [-0.39, 0.29) is 30.5 Å². The van der Waals surface area contributed by atoms with Crippen LogP contribution in [0, 0.1) is 12.8 Å². The summed E-state index contributed by atoms with van der Waals surface area (Å²) in [6, 6.07) is 12.3. The molecule has 1 aliphatic rings. The Morgan fingerprint density at radius 2 is 1.93 bits per heavy atom. The highest BCUT2D eigenvalue weighted by Crippen LogP contribution is 2.33. The van der Waals surface area contributed by atoms with Crippen molar-refractivity contribution >= 4 is 17.5 Å². The Hall–Kier alpha value is -2.83. The molecule has 7 heteroatoms. The number of nitrogens with zero attached hydrogens (tertiary/aromatic N) is 1. The Morgan fingerprint density at radius 3 is 2.63 bits per heavy atom. The van der Waals surface area contributed by atoms with Crippen molar-refractivity contribution in [1.29, 1.82) is 0 Å². The normalized spacial score (nSPS) is 17.3. The number of rotatable bonds is 4. The van der Waals surface area contributed by atoms with E-state index >= 15 is 0 Å². The summed E-state index contributed by atoms with van der Waals surface area (Å²) in [5, 5.41) is 2.80. The van der Waals surface area contributed by atoms with Crippen LogP contribution in [0.1, 0.15) is 23.1 Å². The van der Waals surface area contributed by atoms with Gasteiger partial charge in [0.2, 0.25) is 11.8 Å². The third kappa shape index (κ3) is 4.48. The Morgan fingerprint density at radius 1 is 1.19 bits per heavy atom. The number of alkyl halides is 3. The van der Waals surface area contributed by atoms with Gasteiger partial charge in [-0.2, -0.15) is 13.2 Å². The number of aryl methyl sites for hydroxylation is 1. The maximum absolute atomic E-state index is 12.9. The first kappa shape index (κ1) is 18.9. The SMILES string of the molecule is Cc1cccc(CNC(=O)C2CC(=O)N(c3cccc(C(F)(F)F)c3)C2)c1. The molecule has 1 aliphatic heterocycles. The van der Waals surface area contributed by atoms with E-state index in [1.165, 1.54) is 17.0 Å². The summed E-state index contributed by atoms with van der Waals surface area (Å²) in [7, 11) is 0. The lowest BCUT2D eigenvalue weighted by molar-refractivity contribution is -0.137. The average molecular weight is 376 g/mol. The second-order valence-corrected chi connectivity index (χ2v) is 6.66. The molecule has 1 saturated heterocycles. The fourth-order valence-corrected chi connectivity index (χ4v) is 3.14. The standard InChI is InChI=1S/C20H19F3N2O2/c1-13-4-2-5-14(8-13)11-24-19(27)15-9-18(26)25(12-15)17-7-3-6-16(10-17)20(21,22)23/h2-8,10,15H,9,11-12H2,1H3,(H,24,27). The summed E-state index contributed by atoms with van der Waals surface area (Å²) in [5.74, 6) is -1.22. The molecule has 1 heterocycles. The molecule has 0 aromatic heterocycles. The molecule has 0 radical (unpaired) electrons. The van der Waals surface area contributed by atoms with Crippen molar-refractivity contribution in [3.8, 4) is 0 Å². The zero-order valence-electron chi connectivity index (χ0n) is 14.7. The minimum Gasteiger partial charge on any atom is -0.352 e. The second-order valence-electron chi connectivity index (χ2n) is 6.66. The van der Waals surface area contributed by atoms with Gasteiger partial charge in [0, 0.05) is 25.2 Å². The largest absolute Gasteiger partial charge is 0.416 e. The van der Waals surface area contributed by atoms with Gasteiger partial charge in [0.25, 0.3) is 0 Å². The molecule has 0 spiro atoms. The maximum Gasteiger partial charge on any atom is 0.416 e. The van der Waals surface area contributed by atoms with Crippen LogP contribution in [0.5, 0.6) is 0 Å². The van der Waals surface area contributed by atoms with E-state index in [1.807, 2.05) is 31.2 Å². The quantitative estimate of drug-likeness (QED) is 0.885. The van der Waals surface area contributed by atoms with Gasteiger partial charge in [0.05, 0.1) is 11.5 Å². The van der Waals surface area contributed by atoms with Crippen molar-refractivity contribution in [2.24, 2.45) is 5.92 Å². The topological polar surface area (TPSA) is 49.4 Å². The average Bonchev–Trinajstić information content (AvgIpc) is 3.01. The van der Waals surface area contributed by atoms with Gasteiger partial charge in [-0.3, -0.25) is 9.59 Å². The minimum absolute atomic E-state index is 0.0180. The molecular weight excluding hydrogens is 357 g/mol. The molecule has 142 valence electrons. The lowest BCUT2D eigenvalue weighted by Gasteiger charge is -2.18. The maximum atomic E-state index is 12.9. The molecule has 1 fully saturated rings. The predicted octanol–water partition coefficient (Wildman–Crippen LogP) is 3.68. The predicted molar refractivity (Wildman–Crippen MR) is 94.9 cm³/mol. The summed E-state index contributed by atoms with van der Waals surface area (Å²) in [6.45, 7) is 2.36. The van der Waals surface area contributed by atoms with E-state index in [9.17, 15) is 22.8 Å². The molecule has 4 nitrogen and oxygen atoms in total. The van der Waals surface area contributed by atoms with Crippen LogP contribution in [0.2, 0.25) is 0 Å². The molecule has 1 atom stereocenters. The number of carbonyl (C=O) groups is 2. The number of hydrogen-bond donors (Lipinski definition) is 1. The molecule has 0 saturated carbocycles. The summed E-state index contributed by atoms with van der Waals surface area (Å²) in [6.07, 6.45) is -4.50. The fraction of sp³-hybridized carbons (Fsp3) is 0.300. The summed E-state index contributed by atoms with van der Waals surface area (Å²) >= 11 is 0. The third-order valence-electron chi connectivity index (χ3n) is 4.53. The molecular formula is C20H19F3N2O2. The molecule has 3 rings (SSSR count). The molecule has 0 aliphatic carbocycles. The second kappa shape index (κ2) is 7.42. The van der Waals surface area contributed by atoms with Crippen LogP contribution in [-0.2, 0) is 22.3 Å². The molecule has 0 bridgehead atoms. The Bertz CT molecular complexity index is 864. The molecule has 1 unspecified atom stereocenters. The van der Waals surface area contributed by atoms with Crippen LogP contribution >= 0.6 is 0 Å². The van der Waals surface area contributed by atoms with Gasteiger partial charge in [-0.15, -0.1) is 0 Å². The number of hydrogen-bond acceptors (Lipinski definition) is 2. The lowest BCUT2D eigenvalue weighted by Crippen LogP contribution is -2.32. The Kier molecular flexibility index (Phi) is 5.21. The molecule has 2 amide bonds. The summed E-state index contributed by atoms with van der Waals surface area (Å²) in [5.41, 5.74) is 1.36. The number of halogens is 3. The number of anilines is 1. The summed E-state index contributed by atoms with van der Waals surface area (Å²) < 4.78 is 38.6. The van der Waals surface area contributed by atoms with Gasteiger partial charge in [0.1, 0.15) is 0 Å².